The molecule has 50 heavy (non-hydrogen) atoms. The van der Waals surface area contributed by atoms with Crippen LogP contribution in [0.2, 0.25) is 0 Å². The van der Waals surface area contributed by atoms with E-state index in [0.29, 0.717) is 0 Å². The summed E-state index contributed by atoms with van der Waals surface area (Å²) in [5.74, 6) is -3.86. The molecular weight excluding hydrogens is 643 g/mol. The standard InChI is InChI=1S/C48H36ClP/c49-50(45-29-21-41(22-30-45)37-13-5-1-6-14-37,46-31-23-42(24-32-46)38-15-7-2-8-16-38,47-33-25-43(26-34-47)39-17-9-3-10-18-39)48-35-27-44(28-36-48)40-19-11-4-12-20-40/h1-36H. The minimum atomic E-state index is -3.86. The second-order valence-electron chi connectivity index (χ2n) is 12.7. The summed E-state index contributed by atoms with van der Waals surface area (Å²) >= 11 is 8.82. The van der Waals surface area contributed by atoms with Crippen LogP contribution in [0.25, 0.3) is 44.5 Å². The van der Waals surface area contributed by atoms with Gasteiger partial charge in [-0.25, -0.2) is 0 Å². The molecule has 0 aliphatic rings. The zero-order chi connectivity index (χ0) is 33.8. The zero-order valence-corrected chi connectivity index (χ0v) is 29.3. The molecule has 0 radical (unpaired) electrons. The second-order valence-corrected chi connectivity index (χ2v) is 18.8. The van der Waals surface area contributed by atoms with Gasteiger partial charge < -0.3 is 0 Å². The van der Waals surface area contributed by atoms with E-state index in [1.54, 1.807) is 0 Å². The van der Waals surface area contributed by atoms with Crippen LogP contribution in [0.1, 0.15) is 0 Å². The average Bonchev–Trinajstić information content (AvgIpc) is 3.22. The topological polar surface area (TPSA) is 0 Å². The van der Waals surface area contributed by atoms with Gasteiger partial charge in [0, 0.05) is 0 Å². The van der Waals surface area contributed by atoms with Gasteiger partial charge in [0.15, 0.2) is 0 Å². The van der Waals surface area contributed by atoms with Crippen LogP contribution in [0.15, 0.2) is 218 Å². The van der Waals surface area contributed by atoms with Crippen LogP contribution in [-0.4, -0.2) is 0 Å². The van der Waals surface area contributed by atoms with E-state index in [9.17, 15) is 0 Å². The number of benzene rings is 8. The Kier molecular flexibility index (Phi) is 8.51. The number of hydrogen-bond acceptors (Lipinski definition) is 0. The molecule has 0 amide bonds. The summed E-state index contributed by atoms with van der Waals surface area (Å²) in [5, 5.41) is 4.41. The van der Waals surface area contributed by atoms with E-state index in [0.717, 1.165) is 43.5 Å². The van der Waals surface area contributed by atoms with Crippen LogP contribution < -0.4 is 21.2 Å². The maximum atomic E-state index is 8.82. The quantitative estimate of drug-likeness (QED) is 0.140. The van der Waals surface area contributed by atoms with Crippen molar-refractivity contribution in [1.29, 1.82) is 0 Å². The van der Waals surface area contributed by atoms with E-state index < -0.39 is 5.96 Å². The first-order valence-corrected chi connectivity index (χ1v) is 20.1. The third-order valence-corrected chi connectivity index (χ3v) is 17.3. The fraction of sp³-hybridized carbons (Fsp3) is 0. The summed E-state index contributed by atoms with van der Waals surface area (Å²) in [6.07, 6.45) is 0. The van der Waals surface area contributed by atoms with Crippen molar-refractivity contribution in [2.45, 2.75) is 0 Å². The van der Waals surface area contributed by atoms with Crippen molar-refractivity contribution < 1.29 is 0 Å². The summed E-state index contributed by atoms with van der Waals surface area (Å²) in [7, 11) is 0. The number of rotatable bonds is 8. The van der Waals surface area contributed by atoms with Gasteiger partial charge in [-0.05, 0) is 0 Å². The molecule has 0 N–H and O–H groups in total. The van der Waals surface area contributed by atoms with Gasteiger partial charge in [0.1, 0.15) is 0 Å². The predicted molar refractivity (Wildman–Crippen MR) is 219 cm³/mol. The molecule has 0 spiro atoms. The molecule has 0 aliphatic carbocycles. The monoisotopic (exact) mass is 678 g/mol. The summed E-state index contributed by atoms with van der Waals surface area (Å²) in [4.78, 5) is 0. The van der Waals surface area contributed by atoms with Crippen LogP contribution in [-0.2, 0) is 0 Å². The Morgan fingerprint density at radius 3 is 0.540 bits per heavy atom. The van der Waals surface area contributed by atoms with Gasteiger partial charge in [0.2, 0.25) is 0 Å². The van der Waals surface area contributed by atoms with Crippen molar-refractivity contribution in [2.75, 3.05) is 0 Å². The zero-order valence-electron chi connectivity index (χ0n) is 27.6. The summed E-state index contributed by atoms with van der Waals surface area (Å²) in [6.45, 7) is 0. The summed E-state index contributed by atoms with van der Waals surface area (Å²) in [5.41, 5.74) is 9.37. The van der Waals surface area contributed by atoms with Gasteiger partial charge in [-0.2, -0.15) is 0 Å². The van der Waals surface area contributed by atoms with Crippen molar-refractivity contribution in [3.05, 3.63) is 218 Å². The first-order valence-electron chi connectivity index (χ1n) is 17.0. The van der Waals surface area contributed by atoms with Gasteiger partial charge in [0.25, 0.3) is 0 Å². The molecule has 0 unspecified atom stereocenters. The molecule has 0 aromatic heterocycles. The fourth-order valence-electron chi connectivity index (χ4n) is 7.15. The van der Waals surface area contributed by atoms with Crippen molar-refractivity contribution in [3.63, 3.8) is 0 Å². The Bertz CT molecular complexity index is 1970. The van der Waals surface area contributed by atoms with Crippen LogP contribution in [0, 0.1) is 0 Å². The minimum absolute atomic E-state index is 1.10. The Labute approximate surface area is 300 Å². The van der Waals surface area contributed by atoms with Crippen LogP contribution in [0.4, 0.5) is 0 Å². The van der Waals surface area contributed by atoms with Crippen LogP contribution in [0.3, 0.4) is 0 Å². The molecule has 0 aliphatic heterocycles. The van der Waals surface area contributed by atoms with E-state index in [4.69, 9.17) is 11.2 Å². The maximum absolute atomic E-state index is 8.82. The van der Waals surface area contributed by atoms with Crippen molar-refractivity contribution in [3.8, 4) is 44.5 Å². The van der Waals surface area contributed by atoms with E-state index in [2.05, 4.69) is 218 Å². The molecule has 8 aromatic rings. The average molecular weight is 679 g/mol. The molecule has 0 nitrogen and oxygen atoms in total. The van der Waals surface area contributed by atoms with E-state index >= 15 is 0 Å². The molecule has 0 heterocycles. The van der Waals surface area contributed by atoms with Crippen molar-refractivity contribution in [2.24, 2.45) is 0 Å². The molecule has 0 saturated heterocycles. The van der Waals surface area contributed by atoms with E-state index in [1.165, 1.54) is 22.3 Å². The van der Waals surface area contributed by atoms with E-state index in [1.807, 2.05) is 0 Å². The first kappa shape index (κ1) is 31.7. The SMILES string of the molecule is ClP(c1ccc(-c2ccccc2)cc1)(c1ccc(-c2ccccc2)cc1)(c1ccc(-c2ccccc2)cc1)c1ccc(-c2ccccc2)cc1. The van der Waals surface area contributed by atoms with Crippen LogP contribution >= 0.6 is 17.2 Å². The Morgan fingerprint density at radius 2 is 0.360 bits per heavy atom. The molecule has 0 saturated carbocycles. The molecule has 0 atom stereocenters. The van der Waals surface area contributed by atoms with Crippen molar-refractivity contribution in [1.82, 2.24) is 0 Å². The van der Waals surface area contributed by atoms with Gasteiger partial charge in [-0.1, -0.05) is 0 Å². The molecule has 2 heteroatoms. The molecule has 0 bridgehead atoms. The Balaban J connectivity index is 1.39. The Hall–Kier alpha value is -5.52. The molecule has 240 valence electrons. The first-order chi connectivity index (χ1) is 24.6. The molecule has 8 aromatic carbocycles. The van der Waals surface area contributed by atoms with Crippen molar-refractivity contribution >= 4 is 38.4 Å². The number of halogens is 1. The van der Waals surface area contributed by atoms with Gasteiger partial charge in [0.05, 0.1) is 0 Å². The fourth-order valence-corrected chi connectivity index (χ4v) is 13.1. The third kappa shape index (κ3) is 5.58. The molecular formula is C48H36ClP. The van der Waals surface area contributed by atoms with Crippen LogP contribution in [0.5, 0.6) is 0 Å². The predicted octanol–water partition coefficient (Wildman–Crippen LogP) is 11.7. The second kappa shape index (κ2) is 13.4. The number of hydrogen-bond donors (Lipinski definition) is 0. The third-order valence-electron chi connectivity index (χ3n) is 9.84. The summed E-state index contributed by atoms with van der Waals surface area (Å²) < 4.78 is 0. The van der Waals surface area contributed by atoms with Gasteiger partial charge >= 0.3 is 301 Å². The van der Waals surface area contributed by atoms with Gasteiger partial charge in [-0.3, -0.25) is 0 Å². The van der Waals surface area contributed by atoms with Gasteiger partial charge in [-0.15, -0.1) is 0 Å². The Morgan fingerprint density at radius 1 is 0.200 bits per heavy atom. The van der Waals surface area contributed by atoms with E-state index in [-0.39, 0.29) is 0 Å². The summed E-state index contributed by atoms with van der Waals surface area (Å²) in [6, 6.07) is 78.0. The molecule has 8 rings (SSSR count). The normalized spacial score (nSPS) is 12.1. The molecule has 0 fully saturated rings.